The molecule has 0 aromatic heterocycles. The van der Waals surface area contributed by atoms with Gasteiger partial charge in [-0.05, 0) is 6.42 Å². The molecule has 78 valence electrons. The first-order valence-electron chi connectivity index (χ1n) is 4.80. The first-order chi connectivity index (χ1) is 6.77. The zero-order valence-electron chi connectivity index (χ0n) is 8.20. The molecule has 1 fully saturated rings. The van der Waals surface area contributed by atoms with Crippen LogP contribution in [0.1, 0.15) is 6.42 Å². The molecule has 0 aromatic carbocycles. The number of amides is 1. The van der Waals surface area contributed by atoms with Gasteiger partial charge in [-0.3, -0.25) is 10.1 Å². The number of carbonyl (C=O) groups excluding carboxylic acids is 1. The molecule has 0 radical (unpaired) electrons. The average Bonchev–Trinajstić information content (AvgIpc) is 2.66. The molecule has 0 aliphatic carbocycles. The van der Waals surface area contributed by atoms with Crippen LogP contribution in [0.15, 0.2) is 0 Å². The Morgan fingerprint density at radius 2 is 2.50 bits per heavy atom. The van der Waals surface area contributed by atoms with Gasteiger partial charge in [0, 0.05) is 25.6 Å². The van der Waals surface area contributed by atoms with Gasteiger partial charge in [-0.1, -0.05) is 5.92 Å². The van der Waals surface area contributed by atoms with E-state index in [2.05, 4.69) is 11.2 Å². The number of nitrogens with one attached hydrogen (secondary N) is 1. The Bertz CT molecular complexity index is 235. The molecule has 0 saturated carbocycles. The Labute approximate surface area is 84.3 Å². The lowest BCUT2D eigenvalue weighted by Gasteiger charge is -2.15. The summed E-state index contributed by atoms with van der Waals surface area (Å²) in [4.78, 5) is 13.3. The molecule has 1 unspecified atom stereocenters. The molecule has 14 heavy (non-hydrogen) atoms. The lowest BCUT2D eigenvalue weighted by Crippen LogP contribution is -2.37. The fourth-order valence-corrected chi connectivity index (χ4v) is 1.56. The van der Waals surface area contributed by atoms with Crippen LogP contribution in [-0.4, -0.2) is 48.7 Å². The van der Waals surface area contributed by atoms with Gasteiger partial charge in [0.1, 0.15) is 0 Å². The molecule has 1 heterocycles. The summed E-state index contributed by atoms with van der Waals surface area (Å²) in [6.07, 6.45) is 5.94. The van der Waals surface area contributed by atoms with Crippen LogP contribution in [-0.2, 0) is 4.79 Å². The Kier molecular flexibility index (Phi) is 4.44. The SMILES string of the molecule is C#CCNCC(=O)N1CCC(CO)C1. The second-order valence-corrected chi connectivity index (χ2v) is 3.48. The number of nitrogens with zero attached hydrogens (tertiary/aromatic N) is 1. The van der Waals surface area contributed by atoms with Gasteiger partial charge < -0.3 is 10.0 Å². The first-order valence-corrected chi connectivity index (χ1v) is 4.80. The lowest BCUT2D eigenvalue weighted by atomic mass is 10.1. The zero-order chi connectivity index (χ0) is 10.4. The minimum Gasteiger partial charge on any atom is -0.396 e. The molecular weight excluding hydrogens is 180 g/mol. The number of aliphatic hydroxyl groups excluding tert-OH is 1. The Hall–Kier alpha value is -1.05. The molecule has 1 aliphatic heterocycles. The van der Waals surface area contributed by atoms with Crippen molar-refractivity contribution >= 4 is 5.91 Å². The van der Waals surface area contributed by atoms with Crippen LogP contribution < -0.4 is 5.32 Å². The number of aliphatic hydroxyl groups is 1. The molecule has 0 bridgehead atoms. The normalized spacial score (nSPS) is 20.9. The summed E-state index contributed by atoms with van der Waals surface area (Å²) in [5.74, 6) is 2.73. The van der Waals surface area contributed by atoms with Crippen LogP contribution in [0.25, 0.3) is 0 Å². The van der Waals surface area contributed by atoms with Gasteiger partial charge in [-0.2, -0.15) is 0 Å². The molecular formula is C10H16N2O2. The van der Waals surface area contributed by atoms with Crippen molar-refractivity contribution in [2.45, 2.75) is 6.42 Å². The number of hydrogen-bond donors (Lipinski definition) is 2. The predicted octanol–water partition coefficient (Wildman–Crippen LogP) is -0.950. The lowest BCUT2D eigenvalue weighted by molar-refractivity contribution is -0.129. The van der Waals surface area contributed by atoms with Crippen molar-refractivity contribution in [2.75, 3.05) is 32.8 Å². The van der Waals surface area contributed by atoms with Crippen molar-refractivity contribution in [3.63, 3.8) is 0 Å². The average molecular weight is 196 g/mol. The molecule has 1 aliphatic rings. The molecule has 0 spiro atoms. The van der Waals surface area contributed by atoms with Gasteiger partial charge in [-0.15, -0.1) is 6.42 Å². The fraction of sp³-hybridized carbons (Fsp3) is 0.700. The standard InChI is InChI=1S/C10H16N2O2/c1-2-4-11-6-10(14)12-5-3-9(7-12)8-13/h1,9,11,13H,3-8H2. The number of rotatable bonds is 4. The second-order valence-electron chi connectivity index (χ2n) is 3.48. The van der Waals surface area contributed by atoms with E-state index >= 15 is 0 Å². The smallest absolute Gasteiger partial charge is 0.236 e. The minimum atomic E-state index is 0.0659. The summed E-state index contributed by atoms with van der Waals surface area (Å²) >= 11 is 0. The van der Waals surface area contributed by atoms with Crippen LogP contribution in [0.5, 0.6) is 0 Å². The van der Waals surface area contributed by atoms with Crippen molar-refractivity contribution in [3.8, 4) is 12.3 Å². The first kappa shape index (κ1) is 11.0. The van der Waals surface area contributed by atoms with E-state index in [0.717, 1.165) is 13.0 Å². The van der Waals surface area contributed by atoms with Crippen molar-refractivity contribution in [2.24, 2.45) is 5.92 Å². The van der Waals surface area contributed by atoms with Crippen molar-refractivity contribution in [1.29, 1.82) is 0 Å². The molecule has 1 atom stereocenters. The predicted molar refractivity (Wildman–Crippen MR) is 53.5 cm³/mol. The van der Waals surface area contributed by atoms with E-state index in [0.29, 0.717) is 19.6 Å². The van der Waals surface area contributed by atoms with Gasteiger partial charge in [0.15, 0.2) is 0 Å². The monoisotopic (exact) mass is 196 g/mol. The summed E-state index contributed by atoms with van der Waals surface area (Å²) in [6.45, 7) is 2.31. The summed E-state index contributed by atoms with van der Waals surface area (Å²) < 4.78 is 0. The third-order valence-electron chi connectivity index (χ3n) is 2.40. The van der Waals surface area contributed by atoms with E-state index in [1.54, 1.807) is 4.90 Å². The summed E-state index contributed by atoms with van der Waals surface area (Å²) in [5, 5.41) is 11.8. The molecule has 1 saturated heterocycles. The second kappa shape index (κ2) is 5.63. The van der Waals surface area contributed by atoms with Crippen LogP contribution in [0.3, 0.4) is 0 Å². The van der Waals surface area contributed by atoms with E-state index in [1.165, 1.54) is 0 Å². The minimum absolute atomic E-state index is 0.0659. The molecule has 2 N–H and O–H groups in total. The number of carbonyl (C=O) groups is 1. The summed E-state index contributed by atoms with van der Waals surface area (Å²) in [5.41, 5.74) is 0. The quantitative estimate of drug-likeness (QED) is 0.450. The fourth-order valence-electron chi connectivity index (χ4n) is 1.56. The summed E-state index contributed by atoms with van der Waals surface area (Å²) in [7, 11) is 0. The highest BCUT2D eigenvalue weighted by atomic mass is 16.3. The van der Waals surface area contributed by atoms with Crippen molar-refractivity contribution in [3.05, 3.63) is 0 Å². The van der Waals surface area contributed by atoms with E-state index in [-0.39, 0.29) is 18.4 Å². The van der Waals surface area contributed by atoms with E-state index in [4.69, 9.17) is 11.5 Å². The molecule has 4 nitrogen and oxygen atoms in total. The number of hydrogen-bond acceptors (Lipinski definition) is 3. The molecule has 1 amide bonds. The number of likely N-dealkylation sites (tertiary alicyclic amines) is 1. The maximum Gasteiger partial charge on any atom is 0.236 e. The van der Waals surface area contributed by atoms with E-state index in [1.807, 2.05) is 0 Å². The van der Waals surface area contributed by atoms with Gasteiger partial charge in [-0.25, -0.2) is 0 Å². The highest BCUT2D eigenvalue weighted by Crippen LogP contribution is 2.14. The Balaban J connectivity index is 2.22. The Morgan fingerprint density at radius 1 is 1.71 bits per heavy atom. The third-order valence-corrected chi connectivity index (χ3v) is 2.40. The largest absolute Gasteiger partial charge is 0.396 e. The maximum absolute atomic E-state index is 11.5. The van der Waals surface area contributed by atoms with Gasteiger partial charge in [0.2, 0.25) is 5.91 Å². The Morgan fingerprint density at radius 3 is 3.07 bits per heavy atom. The van der Waals surface area contributed by atoms with Gasteiger partial charge >= 0.3 is 0 Å². The highest BCUT2D eigenvalue weighted by Gasteiger charge is 2.24. The van der Waals surface area contributed by atoms with Crippen LogP contribution in [0.2, 0.25) is 0 Å². The van der Waals surface area contributed by atoms with Gasteiger partial charge in [0.05, 0.1) is 13.1 Å². The van der Waals surface area contributed by atoms with Gasteiger partial charge in [0.25, 0.3) is 0 Å². The van der Waals surface area contributed by atoms with Crippen molar-refractivity contribution in [1.82, 2.24) is 10.2 Å². The van der Waals surface area contributed by atoms with E-state index < -0.39 is 0 Å². The highest BCUT2D eigenvalue weighted by molar-refractivity contribution is 5.78. The van der Waals surface area contributed by atoms with Crippen LogP contribution in [0, 0.1) is 18.3 Å². The van der Waals surface area contributed by atoms with Crippen molar-refractivity contribution < 1.29 is 9.90 Å². The molecule has 0 aromatic rings. The number of terminal acetylenes is 1. The molecule has 1 rings (SSSR count). The topological polar surface area (TPSA) is 52.6 Å². The zero-order valence-corrected chi connectivity index (χ0v) is 8.20. The van der Waals surface area contributed by atoms with Crippen LogP contribution >= 0.6 is 0 Å². The third kappa shape index (κ3) is 3.02. The van der Waals surface area contributed by atoms with E-state index in [9.17, 15) is 4.79 Å². The summed E-state index contributed by atoms with van der Waals surface area (Å²) in [6, 6.07) is 0. The van der Waals surface area contributed by atoms with Crippen LogP contribution in [0.4, 0.5) is 0 Å². The maximum atomic E-state index is 11.5. The molecule has 4 heteroatoms.